The van der Waals surface area contributed by atoms with E-state index in [0.29, 0.717) is 11.3 Å². The van der Waals surface area contributed by atoms with Gasteiger partial charge in [0.05, 0.1) is 5.25 Å². The van der Waals surface area contributed by atoms with Crippen molar-refractivity contribution in [3.05, 3.63) is 0 Å². The zero-order chi connectivity index (χ0) is 12.0. The van der Waals surface area contributed by atoms with Crippen molar-refractivity contribution in [2.24, 2.45) is 5.92 Å². The Kier molecular flexibility index (Phi) is 6.59. The number of nitrogens with one attached hydrogen (secondary N) is 1. The van der Waals surface area contributed by atoms with Crippen LogP contribution in [-0.2, 0) is 10.8 Å². The molecule has 0 aromatic rings. The van der Waals surface area contributed by atoms with Crippen LogP contribution in [-0.4, -0.2) is 28.3 Å². The van der Waals surface area contributed by atoms with Crippen LogP contribution in [0.15, 0.2) is 0 Å². The standard InChI is InChI=1S/C13H27NOS/c1-4-5-6-9-16(15)13-10-11(2)7-8-12(13)14-3/h11-14H,4-10H2,1-3H3. The molecule has 0 aromatic heterocycles. The molecule has 2 nitrogen and oxygen atoms in total. The molecule has 16 heavy (non-hydrogen) atoms. The van der Waals surface area contributed by atoms with Gasteiger partial charge in [0.15, 0.2) is 0 Å². The lowest BCUT2D eigenvalue weighted by Crippen LogP contribution is -2.45. The van der Waals surface area contributed by atoms with Crippen molar-refractivity contribution >= 4 is 10.8 Å². The van der Waals surface area contributed by atoms with Crippen molar-refractivity contribution < 1.29 is 4.21 Å². The molecule has 0 saturated heterocycles. The highest BCUT2D eigenvalue weighted by atomic mass is 32.2. The summed E-state index contributed by atoms with van der Waals surface area (Å²) in [4.78, 5) is 0. The van der Waals surface area contributed by atoms with E-state index in [-0.39, 0.29) is 0 Å². The third-order valence-corrected chi connectivity index (χ3v) is 5.60. The fraction of sp³-hybridized carbons (Fsp3) is 1.00. The summed E-state index contributed by atoms with van der Waals surface area (Å²) in [7, 11) is 1.39. The molecule has 1 rings (SSSR count). The second kappa shape index (κ2) is 7.44. The summed E-state index contributed by atoms with van der Waals surface area (Å²) in [5.74, 6) is 1.66. The minimum absolute atomic E-state index is 0.394. The predicted octanol–water partition coefficient (Wildman–Crippen LogP) is 2.70. The molecule has 0 heterocycles. The van der Waals surface area contributed by atoms with Gasteiger partial charge in [-0.2, -0.15) is 0 Å². The van der Waals surface area contributed by atoms with Crippen LogP contribution in [0.25, 0.3) is 0 Å². The van der Waals surface area contributed by atoms with E-state index in [1.165, 1.54) is 25.7 Å². The summed E-state index contributed by atoms with van der Waals surface area (Å²) in [6.45, 7) is 4.49. The first-order chi connectivity index (χ1) is 7.69. The van der Waals surface area contributed by atoms with E-state index in [1.807, 2.05) is 7.05 Å². The Balaban J connectivity index is 2.43. The van der Waals surface area contributed by atoms with E-state index < -0.39 is 10.8 Å². The van der Waals surface area contributed by atoms with E-state index >= 15 is 0 Å². The highest BCUT2D eigenvalue weighted by Gasteiger charge is 2.31. The maximum atomic E-state index is 12.3. The van der Waals surface area contributed by atoms with Crippen molar-refractivity contribution in [3.63, 3.8) is 0 Å². The second-order valence-corrected chi connectivity index (χ2v) is 6.92. The van der Waals surface area contributed by atoms with Gasteiger partial charge in [0, 0.05) is 22.6 Å². The smallest absolute Gasteiger partial charge is 0.0503 e. The SMILES string of the molecule is CCCCCS(=O)C1CC(C)CCC1NC. The summed E-state index contributed by atoms with van der Waals surface area (Å²) in [6.07, 6.45) is 7.19. The first-order valence-corrected chi connectivity index (χ1v) is 8.11. The number of rotatable bonds is 6. The Morgan fingerprint density at radius 3 is 2.69 bits per heavy atom. The number of hydrogen-bond acceptors (Lipinski definition) is 2. The molecule has 0 aromatic carbocycles. The third-order valence-electron chi connectivity index (χ3n) is 3.71. The quantitative estimate of drug-likeness (QED) is 0.729. The van der Waals surface area contributed by atoms with Gasteiger partial charge in [0.25, 0.3) is 0 Å². The highest BCUT2D eigenvalue weighted by Crippen LogP contribution is 2.27. The largest absolute Gasteiger partial charge is 0.316 e. The normalized spacial score (nSPS) is 32.6. The molecule has 0 aliphatic heterocycles. The van der Waals surface area contributed by atoms with Crippen molar-refractivity contribution in [2.75, 3.05) is 12.8 Å². The van der Waals surface area contributed by atoms with Gasteiger partial charge in [-0.05, 0) is 38.6 Å². The molecular weight excluding hydrogens is 218 g/mol. The van der Waals surface area contributed by atoms with Gasteiger partial charge in [0.1, 0.15) is 0 Å². The lowest BCUT2D eigenvalue weighted by Gasteiger charge is -2.34. The minimum Gasteiger partial charge on any atom is -0.316 e. The number of unbranched alkanes of at least 4 members (excludes halogenated alkanes) is 2. The van der Waals surface area contributed by atoms with Crippen molar-refractivity contribution in [1.82, 2.24) is 5.32 Å². The Bertz CT molecular complexity index is 220. The lowest BCUT2D eigenvalue weighted by atomic mass is 9.87. The number of hydrogen-bond donors (Lipinski definition) is 1. The summed E-state index contributed by atoms with van der Waals surface area (Å²) in [6, 6.07) is 0.485. The van der Waals surface area contributed by atoms with Crippen LogP contribution in [0.2, 0.25) is 0 Å². The van der Waals surface area contributed by atoms with Crippen molar-refractivity contribution in [2.45, 2.75) is 63.7 Å². The fourth-order valence-electron chi connectivity index (χ4n) is 2.60. The van der Waals surface area contributed by atoms with Crippen molar-refractivity contribution in [1.29, 1.82) is 0 Å². The van der Waals surface area contributed by atoms with Gasteiger partial charge < -0.3 is 5.32 Å². The first kappa shape index (κ1) is 14.2. The zero-order valence-corrected chi connectivity index (χ0v) is 11.8. The minimum atomic E-state index is -0.621. The average Bonchev–Trinajstić information content (AvgIpc) is 2.29. The van der Waals surface area contributed by atoms with E-state index in [2.05, 4.69) is 19.2 Å². The van der Waals surface area contributed by atoms with E-state index in [0.717, 1.165) is 24.5 Å². The molecule has 96 valence electrons. The zero-order valence-electron chi connectivity index (χ0n) is 11.0. The van der Waals surface area contributed by atoms with Gasteiger partial charge in [-0.25, -0.2) is 0 Å². The average molecular weight is 245 g/mol. The molecule has 4 atom stereocenters. The van der Waals surface area contributed by atoms with Gasteiger partial charge in [-0.15, -0.1) is 0 Å². The van der Waals surface area contributed by atoms with Crippen LogP contribution >= 0.6 is 0 Å². The molecule has 1 N–H and O–H groups in total. The van der Waals surface area contributed by atoms with E-state index in [9.17, 15) is 4.21 Å². The molecule has 0 radical (unpaired) electrons. The van der Waals surface area contributed by atoms with Crippen LogP contribution in [0, 0.1) is 5.92 Å². The van der Waals surface area contributed by atoms with Gasteiger partial charge in [0.2, 0.25) is 0 Å². The maximum absolute atomic E-state index is 12.3. The van der Waals surface area contributed by atoms with Crippen LogP contribution in [0.3, 0.4) is 0 Å². The Hall–Kier alpha value is 0.110. The van der Waals surface area contributed by atoms with Crippen LogP contribution < -0.4 is 5.32 Å². The lowest BCUT2D eigenvalue weighted by molar-refractivity contribution is 0.324. The molecule has 1 aliphatic rings. The molecule has 1 saturated carbocycles. The predicted molar refractivity (Wildman–Crippen MR) is 72.2 cm³/mol. The molecule has 3 heteroatoms. The van der Waals surface area contributed by atoms with Crippen molar-refractivity contribution in [3.8, 4) is 0 Å². The molecule has 0 spiro atoms. The third kappa shape index (κ3) is 4.17. The Morgan fingerprint density at radius 2 is 2.06 bits per heavy atom. The molecule has 4 unspecified atom stereocenters. The summed E-state index contributed by atoms with van der Waals surface area (Å²) < 4.78 is 12.3. The van der Waals surface area contributed by atoms with Crippen LogP contribution in [0.4, 0.5) is 0 Å². The summed E-state index contributed by atoms with van der Waals surface area (Å²) in [5.41, 5.74) is 0. The Morgan fingerprint density at radius 1 is 1.31 bits per heavy atom. The molecular formula is C13H27NOS. The summed E-state index contributed by atoms with van der Waals surface area (Å²) >= 11 is 0. The molecule has 0 bridgehead atoms. The molecule has 1 fully saturated rings. The molecule has 0 amide bonds. The summed E-state index contributed by atoms with van der Waals surface area (Å²) in [5, 5.41) is 3.75. The van der Waals surface area contributed by atoms with Gasteiger partial charge in [-0.3, -0.25) is 4.21 Å². The molecule has 1 aliphatic carbocycles. The maximum Gasteiger partial charge on any atom is 0.0503 e. The highest BCUT2D eigenvalue weighted by molar-refractivity contribution is 7.85. The van der Waals surface area contributed by atoms with Crippen LogP contribution in [0.5, 0.6) is 0 Å². The topological polar surface area (TPSA) is 29.1 Å². The van der Waals surface area contributed by atoms with Gasteiger partial charge >= 0.3 is 0 Å². The van der Waals surface area contributed by atoms with Crippen LogP contribution in [0.1, 0.15) is 52.4 Å². The van der Waals surface area contributed by atoms with E-state index in [1.54, 1.807) is 0 Å². The second-order valence-electron chi connectivity index (χ2n) is 5.14. The van der Waals surface area contributed by atoms with E-state index in [4.69, 9.17) is 0 Å². The fourth-order valence-corrected chi connectivity index (χ4v) is 4.57. The first-order valence-electron chi connectivity index (χ1n) is 6.73. The van der Waals surface area contributed by atoms with Gasteiger partial charge in [-0.1, -0.05) is 26.7 Å². The monoisotopic (exact) mass is 245 g/mol. The Labute approximate surface area is 103 Å².